The summed E-state index contributed by atoms with van der Waals surface area (Å²) in [6.07, 6.45) is 11.2. The highest BCUT2D eigenvalue weighted by Gasteiger charge is 2.33. The molecular formula is C22H37N3O3S. The van der Waals surface area contributed by atoms with Crippen LogP contribution in [0.2, 0.25) is 0 Å². The maximum atomic E-state index is 11.9. The van der Waals surface area contributed by atoms with Crippen molar-refractivity contribution in [1.82, 2.24) is 9.71 Å². The molecule has 1 aromatic heterocycles. The number of pyridine rings is 1. The number of anilines is 1. The van der Waals surface area contributed by atoms with Crippen LogP contribution in [0.15, 0.2) is 18.3 Å². The van der Waals surface area contributed by atoms with Gasteiger partial charge in [-0.25, -0.2) is 18.1 Å². The number of hydrogen-bond donors (Lipinski definition) is 1. The fourth-order valence-corrected chi connectivity index (χ4v) is 5.48. The van der Waals surface area contributed by atoms with E-state index in [-0.39, 0.29) is 12.0 Å². The summed E-state index contributed by atoms with van der Waals surface area (Å²) < 4.78 is 32.9. The minimum Gasteiger partial charge on any atom is -0.378 e. The average molecular weight is 424 g/mol. The zero-order valence-electron chi connectivity index (χ0n) is 18.1. The van der Waals surface area contributed by atoms with Gasteiger partial charge in [0.05, 0.1) is 19.0 Å². The van der Waals surface area contributed by atoms with Gasteiger partial charge in [-0.3, -0.25) is 0 Å². The third-order valence-corrected chi connectivity index (χ3v) is 7.29. The van der Waals surface area contributed by atoms with Crippen LogP contribution < -0.4 is 9.62 Å². The van der Waals surface area contributed by atoms with Crippen molar-refractivity contribution < 1.29 is 13.2 Å². The van der Waals surface area contributed by atoms with Crippen molar-refractivity contribution in [1.29, 1.82) is 0 Å². The summed E-state index contributed by atoms with van der Waals surface area (Å²) >= 11 is 0. The molecule has 0 amide bonds. The van der Waals surface area contributed by atoms with E-state index in [9.17, 15) is 8.42 Å². The van der Waals surface area contributed by atoms with Crippen LogP contribution in [0, 0.1) is 11.8 Å². The van der Waals surface area contributed by atoms with Gasteiger partial charge >= 0.3 is 0 Å². The van der Waals surface area contributed by atoms with Crippen LogP contribution in [0.3, 0.4) is 0 Å². The van der Waals surface area contributed by atoms with E-state index in [0.717, 1.165) is 50.5 Å². The number of nitrogens with zero attached hydrogens (tertiary/aromatic N) is 2. The lowest BCUT2D eigenvalue weighted by Gasteiger charge is -2.40. The molecule has 1 aliphatic carbocycles. The number of hydrogen-bond acceptors (Lipinski definition) is 5. The third-order valence-electron chi connectivity index (χ3n) is 6.56. The van der Waals surface area contributed by atoms with Crippen LogP contribution in [0.25, 0.3) is 0 Å². The smallest absolute Gasteiger partial charge is 0.208 e. The summed E-state index contributed by atoms with van der Waals surface area (Å²) in [5, 5.41) is 0. The van der Waals surface area contributed by atoms with Gasteiger partial charge in [0.1, 0.15) is 5.82 Å². The molecule has 1 saturated carbocycles. The fraction of sp³-hybridized carbons (Fsp3) is 0.773. The maximum absolute atomic E-state index is 11.9. The number of aryl methyl sites for hydroxylation is 1. The van der Waals surface area contributed by atoms with E-state index in [0.29, 0.717) is 12.7 Å². The van der Waals surface area contributed by atoms with E-state index in [4.69, 9.17) is 4.74 Å². The average Bonchev–Trinajstić information content (AvgIpc) is 2.72. The number of piperidine rings is 1. The van der Waals surface area contributed by atoms with E-state index in [1.807, 2.05) is 6.20 Å². The van der Waals surface area contributed by atoms with Crippen molar-refractivity contribution in [2.45, 2.75) is 70.9 Å². The molecule has 2 aliphatic rings. The largest absolute Gasteiger partial charge is 0.378 e. The number of ether oxygens (including phenoxy) is 1. The van der Waals surface area contributed by atoms with Gasteiger partial charge in [0.25, 0.3) is 0 Å². The number of nitrogens with one attached hydrogen (secondary N) is 1. The molecule has 29 heavy (non-hydrogen) atoms. The summed E-state index contributed by atoms with van der Waals surface area (Å²) in [6, 6.07) is 4.12. The second-order valence-electron chi connectivity index (χ2n) is 8.75. The van der Waals surface area contributed by atoms with Crippen molar-refractivity contribution in [3.63, 3.8) is 0 Å². The Hall–Kier alpha value is -1.18. The highest BCUT2D eigenvalue weighted by molar-refractivity contribution is 7.88. The van der Waals surface area contributed by atoms with E-state index in [2.05, 4.69) is 40.6 Å². The second-order valence-corrected chi connectivity index (χ2v) is 10.5. The molecule has 0 unspecified atom stereocenters. The lowest BCUT2D eigenvalue weighted by atomic mass is 9.85. The Bertz CT molecular complexity index is 730. The SMILES string of the molecule is CCc1ccc(N2CC[C@H](NS(C)(=O)=O)[C@H](COC3CCC(CC)CC3)C2)nc1. The summed E-state index contributed by atoms with van der Waals surface area (Å²) in [7, 11) is -3.24. The molecule has 3 rings (SSSR count). The first-order valence-corrected chi connectivity index (χ1v) is 13.1. The Morgan fingerprint density at radius 2 is 1.93 bits per heavy atom. The summed E-state index contributed by atoms with van der Waals surface area (Å²) in [5.74, 6) is 1.93. The summed E-state index contributed by atoms with van der Waals surface area (Å²) in [6.45, 7) is 6.54. The molecule has 2 fully saturated rings. The topological polar surface area (TPSA) is 71.5 Å². The highest BCUT2D eigenvalue weighted by atomic mass is 32.2. The molecule has 1 aromatic rings. The van der Waals surface area contributed by atoms with Gasteiger partial charge in [-0.1, -0.05) is 26.3 Å². The van der Waals surface area contributed by atoms with Crippen LogP contribution in [-0.4, -0.2) is 51.5 Å². The zero-order chi connectivity index (χ0) is 20.9. The Balaban J connectivity index is 1.62. The minimum atomic E-state index is -3.24. The van der Waals surface area contributed by atoms with Crippen molar-refractivity contribution >= 4 is 15.8 Å². The van der Waals surface area contributed by atoms with Crippen LogP contribution in [0.5, 0.6) is 0 Å². The summed E-state index contributed by atoms with van der Waals surface area (Å²) in [5.41, 5.74) is 1.23. The molecule has 6 nitrogen and oxygen atoms in total. The molecule has 164 valence electrons. The van der Waals surface area contributed by atoms with Crippen LogP contribution in [0.1, 0.15) is 57.9 Å². The van der Waals surface area contributed by atoms with E-state index >= 15 is 0 Å². The molecule has 0 bridgehead atoms. The molecular weight excluding hydrogens is 386 g/mol. The Morgan fingerprint density at radius 3 is 2.52 bits per heavy atom. The van der Waals surface area contributed by atoms with E-state index in [1.54, 1.807) is 0 Å². The van der Waals surface area contributed by atoms with Crippen molar-refractivity contribution in [2.75, 3.05) is 30.9 Å². The number of sulfonamides is 1. The molecule has 7 heteroatoms. The first-order chi connectivity index (χ1) is 13.9. The monoisotopic (exact) mass is 423 g/mol. The van der Waals surface area contributed by atoms with Crippen molar-refractivity contribution in [3.05, 3.63) is 23.9 Å². The quantitative estimate of drug-likeness (QED) is 0.694. The van der Waals surface area contributed by atoms with Gasteiger partial charge in [0.2, 0.25) is 10.0 Å². The second kappa shape index (κ2) is 10.2. The first kappa shape index (κ1) is 22.5. The molecule has 2 heterocycles. The Labute approximate surface area is 176 Å². The molecule has 1 N–H and O–H groups in total. The number of aromatic nitrogens is 1. The normalized spacial score (nSPS) is 28.4. The predicted molar refractivity (Wildman–Crippen MR) is 118 cm³/mol. The molecule has 0 radical (unpaired) electrons. The van der Waals surface area contributed by atoms with Crippen LogP contribution in [-0.2, 0) is 21.2 Å². The van der Waals surface area contributed by atoms with Crippen LogP contribution in [0.4, 0.5) is 5.82 Å². The molecule has 1 aliphatic heterocycles. The number of rotatable bonds is 8. The summed E-state index contributed by atoms with van der Waals surface area (Å²) in [4.78, 5) is 6.89. The third kappa shape index (κ3) is 6.66. The van der Waals surface area contributed by atoms with E-state index in [1.165, 1.54) is 31.1 Å². The van der Waals surface area contributed by atoms with Crippen LogP contribution >= 0.6 is 0 Å². The van der Waals surface area contributed by atoms with Gasteiger partial charge in [0, 0.05) is 31.2 Å². The minimum absolute atomic E-state index is 0.0804. The maximum Gasteiger partial charge on any atom is 0.208 e. The van der Waals surface area contributed by atoms with Gasteiger partial charge in [-0.15, -0.1) is 0 Å². The van der Waals surface area contributed by atoms with Crippen molar-refractivity contribution in [2.24, 2.45) is 11.8 Å². The van der Waals surface area contributed by atoms with Gasteiger partial charge < -0.3 is 9.64 Å². The van der Waals surface area contributed by atoms with Gasteiger partial charge in [0.15, 0.2) is 0 Å². The van der Waals surface area contributed by atoms with Gasteiger partial charge in [-0.2, -0.15) is 0 Å². The standard InChI is InChI=1S/C22H37N3O3S/c1-4-17-6-9-20(10-7-17)28-16-19-15-25(13-12-21(19)24-29(3,26)27)22-11-8-18(5-2)14-23-22/h8,11,14,17,19-21,24H,4-7,9-10,12-13,15-16H2,1-3H3/t17?,19-,20?,21-/m0/s1. The zero-order valence-corrected chi connectivity index (χ0v) is 19.0. The predicted octanol–water partition coefficient (Wildman–Crippen LogP) is 3.37. The lowest BCUT2D eigenvalue weighted by Crippen LogP contribution is -2.52. The molecule has 0 aromatic carbocycles. The van der Waals surface area contributed by atoms with E-state index < -0.39 is 10.0 Å². The van der Waals surface area contributed by atoms with Crippen molar-refractivity contribution in [3.8, 4) is 0 Å². The molecule has 0 spiro atoms. The Morgan fingerprint density at radius 1 is 1.17 bits per heavy atom. The molecule has 2 atom stereocenters. The molecule has 1 saturated heterocycles. The van der Waals surface area contributed by atoms with Gasteiger partial charge in [-0.05, 0) is 56.1 Å². The first-order valence-electron chi connectivity index (χ1n) is 11.2. The lowest BCUT2D eigenvalue weighted by molar-refractivity contribution is -0.00741. The Kier molecular flexibility index (Phi) is 7.93. The highest BCUT2D eigenvalue weighted by Crippen LogP contribution is 2.30. The fourth-order valence-electron chi connectivity index (χ4n) is 4.62.